The Hall–Kier alpha value is -1.53. The van der Waals surface area contributed by atoms with Gasteiger partial charge in [0, 0.05) is 17.0 Å². The number of anilines is 2. The van der Waals surface area contributed by atoms with Gasteiger partial charge in [-0.05, 0) is 12.1 Å². The minimum atomic E-state index is -0.787. The summed E-state index contributed by atoms with van der Waals surface area (Å²) in [6, 6.07) is 2.11. The molecule has 3 N–H and O–H groups in total. The summed E-state index contributed by atoms with van der Waals surface area (Å²) in [7, 11) is 0. The number of hydrogen-bond donors (Lipinski definition) is 2. The molecule has 8 heteroatoms. The number of rotatable bonds is 3. The Morgan fingerprint density at radius 1 is 1.44 bits per heavy atom. The second kappa shape index (κ2) is 4.62. The molecule has 2 atom stereocenters. The second-order valence-electron chi connectivity index (χ2n) is 4.04. The summed E-state index contributed by atoms with van der Waals surface area (Å²) in [4.78, 5) is 21.7. The largest absolute Gasteiger partial charge is 0.396 e. The van der Waals surface area contributed by atoms with Crippen LogP contribution in [0.2, 0.25) is 10.0 Å². The van der Waals surface area contributed by atoms with Gasteiger partial charge in [0.25, 0.3) is 0 Å². The third kappa shape index (κ3) is 2.49. The lowest BCUT2D eigenvalue weighted by Gasteiger charge is -2.07. The van der Waals surface area contributed by atoms with Gasteiger partial charge in [-0.1, -0.05) is 23.2 Å². The molecule has 1 aromatic carbocycles. The van der Waals surface area contributed by atoms with Crippen molar-refractivity contribution in [2.24, 2.45) is 5.92 Å². The Labute approximate surface area is 112 Å². The maximum Gasteiger partial charge on any atom is 0.234 e. The molecule has 1 aliphatic carbocycles. The molecule has 0 aromatic heterocycles. The average Bonchev–Trinajstić information content (AvgIpc) is 3.05. The average molecular weight is 290 g/mol. The smallest absolute Gasteiger partial charge is 0.234 e. The molecule has 0 radical (unpaired) electrons. The van der Waals surface area contributed by atoms with E-state index in [0.29, 0.717) is 5.69 Å². The zero-order chi connectivity index (χ0) is 13.4. The van der Waals surface area contributed by atoms with Gasteiger partial charge < -0.3 is 11.1 Å². The van der Waals surface area contributed by atoms with Crippen LogP contribution in [0.5, 0.6) is 0 Å². The van der Waals surface area contributed by atoms with Crippen LogP contribution in [0.25, 0.3) is 0 Å². The van der Waals surface area contributed by atoms with Crippen LogP contribution in [0.1, 0.15) is 6.42 Å². The molecule has 1 saturated carbocycles. The van der Waals surface area contributed by atoms with Crippen LogP contribution in [0, 0.1) is 16.0 Å². The number of nitrogens with zero attached hydrogens (tertiary/aromatic N) is 1. The van der Waals surface area contributed by atoms with Gasteiger partial charge in [-0.3, -0.25) is 14.9 Å². The first-order chi connectivity index (χ1) is 8.40. The Bertz CT molecular complexity index is 512. The van der Waals surface area contributed by atoms with Crippen molar-refractivity contribution < 1.29 is 9.72 Å². The highest BCUT2D eigenvalue weighted by Crippen LogP contribution is 2.35. The molecule has 1 fully saturated rings. The van der Waals surface area contributed by atoms with Crippen molar-refractivity contribution in [3.63, 3.8) is 0 Å². The normalized spacial score (nSPS) is 21.4. The summed E-state index contributed by atoms with van der Waals surface area (Å²) in [5.41, 5.74) is 6.15. The molecule has 2 rings (SSSR count). The van der Waals surface area contributed by atoms with Crippen molar-refractivity contribution in [1.29, 1.82) is 0 Å². The minimum Gasteiger partial charge on any atom is -0.396 e. The second-order valence-corrected chi connectivity index (χ2v) is 4.85. The molecule has 0 spiro atoms. The molecular weight excluding hydrogens is 281 g/mol. The van der Waals surface area contributed by atoms with E-state index in [4.69, 9.17) is 28.9 Å². The number of carbonyl (C=O) groups excluding carboxylic acids is 1. The quantitative estimate of drug-likeness (QED) is 0.506. The van der Waals surface area contributed by atoms with E-state index >= 15 is 0 Å². The molecule has 18 heavy (non-hydrogen) atoms. The Morgan fingerprint density at radius 3 is 2.44 bits per heavy atom. The molecule has 1 amide bonds. The van der Waals surface area contributed by atoms with E-state index in [-0.39, 0.29) is 22.2 Å². The van der Waals surface area contributed by atoms with E-state index in [1.54, 1.807) is 0 Å². The van der Waals surface area contributed by atoms with Crippen molar-refractivity contribution in [2.75, 3.05) is 11.1 Å². The SMILES string of the molecule is Nc1c(Cl)cc(NC(=O)[C@@H]2C[C@H]2[N+](=O)[O-])cc1Cl. The van der Waals surface area contributed by atoms with Gasteiger partial charge >= 0.3 is 0 Å². The van der Waals surface area contributed by atoms with Crippen LogP contribution < -0.4 is 11.1 Å². The maximum atomic E-state index is 11.7. The molecule has 0 heterocycles. The van der Waals surface area contributed by atoms with E-state index in [1.807, 2.05) is 0 Å². The summed E-state index contributed by atoms with van der Waals surface area (Å²) in [5.74, 6) is -0.997. The standard InChI is InChI=1S/C10H9Cl2N3O3/c11-6-1-4(2-7(12)9(6)13)14-10(16)5-3-8(5)15(17)18/h1-2,5,8H,3,13H2,(H,14,16)/t5-,8-/m1/s1. The summed E-state index contributed by atoms with van der Waals surface area (Å²) in [5, 5.41) is 13.4. The number of nitrogens with one attached hydrogen (secondary N) is 1. The minimum absolute atomic E-state index is 0.222. The summed E-state index contributed by atoms with van der Waals surface area (Å²) >= 11 is 11.6. The highest BCUT2D eigenvalue weighted by atomic mass is 35.5. The van der Waals surface area contributed by atoms with Crippen molar-refractivity contribution in [1.82, 2.24) is 0 Å². The lowest BCUT2D eigenvalue weighted by molar-refractivity contribution is -0.497. The van der Waals surface area contributed by atoms with Crippen molar-refractivity contribution in [3.8, 4) is 0 Å². The van der Waals surface area contributed by atoms with Crippen LogP contribution >= 0.6 is 23.2 Å². The first kappa shape index (κ1) is 12.9. The maximum absolute atomic E-state index is 11.7. The molecule has 6 nitrogen and oxygen atoms in total. The molecule has 0 saturated heterocycles. The lowest BCUT2D eigenvalue weighted by atomic mass is 10.2. The predicted molar refractivity (Wildman–Crippen MR) is 68.4 cm³/mol. The van der Waals surface area contributed by atoms with E-state index in [9.17, 15) is 14.9 Å². The molecule has 96 valence electrons. The van der Waals surface area contributed by atoms with Crippen LogP contribution in [0.4, 0.5) is 11.4 Å². The number of hydrogen-bond acceptors (Lipinski definition) is 4. The van der Waals surface area contributed by atoms with Crippen LogP contribution in [-0.4, -0.2) is 16.9 Å². The van der Waals surface area contributed by atoms with Gasteiger partial charge in [-0.2, -0.15) is 0 Å². The molecular formula is C10H9Cl2N3O3. The van der Waals surface area contributed by atoms with Gasteiger partial charge in [0.15, 0.2) is 0 Å². The molecule has 0 unspecified atom stereocenters. The Morgan fingerprint density at radius 2 is 2.00 bits per heavy atom. The number of nitro groups is 1. The fraction of sp³-hybridized carbons (Fsp3) is 0.300. The van der Waals surface area contributed by atoms with Gasteiger partial charge in [0.1, 0.15) is 5.92 Å². The summed E-state index contributed by atoms with van der Waals surface area (Å²) < 4.78 is 0. The van der Waals surface area contributed by atoms with Gasteiger partial charge in [0.2, 0.25) is 11.9 Å². The van der Waals surface area contributed by atoms with Crippen LogP contribution in [0.15, 0.2) is 12.1 Å². The van der Waals surface area contributed by atoms with Gasteiger partial charge in [0.05, 0.1) is 15.7 Å². The fourth-order valence-electron chi connectivity index (χ4n) is 1.59. The number of benzene rings is 1. The van der Waals surface area contributed by atoms with Crippen LogP contribution in [0.3, 0.4) is 0 Å². The Kier molecular flexibility index (Phi) is 3.32. The van der Waals surface area contributed by atoms with E-state index in [2.05, 4.69) is 5.32 Å². The third-order valence-corrected chi connectivity index (χ3v) is 3.34. The summed E-state index contributed by atoms with van der Waals surface area (Å²) in [6.07, 6.45) is 0.259. The fourth-order valence-corrected chi connectivity index (χ4v) is 2.07. The van der Waals surface area contributed by atoms with Crippen molar-refractivity contribution in [3.05, 3.63) is 32.3 Å². The van der Waals surface area contributed by atoms with Crippen molar-refractivity contribution >= 4 is 40.5 Å². The number of amides is 1. The monoisotopic (exact) mass is 289 g/mol. The van der Waals surface area contributed by atoms with E-state index in [1.165, 1.54) is 12.1 Å². The first-order valence-corrected chi connectivity index (χ1v) is 5.84. The molecule has 1 aromatic rings. The lowest BCUT2D eigenvalue weighted by Crippen LogP contribution is -2.18. The van der Waals surface area contributed by atoms with Gasteiger partial charge in [-0.25, -0.2) is 0 Å². The highest BCUT2D eigenvalue weighted by Gasteiger charge is 2.53. The molecule has 1 aliphatic rings. The molecule has 0 aliphatic heterocycles. The number of nitrogen functional groups attached to an aromatic ring is 1. The highest BCUT2D eigenvalue weighted by molar-refractivity contribution is 6.39. The third-order valence-electron chi connectivity index (χ3n) is 2.71. The van der Waals surface area contributed by atoms with E-state index in [0.717, 1.165) is 0 Å². The van der Waals surface area contributed by atoms with E-state index < -0.39 is 22.8 Å². The Balaban J connectivity index is 2.07. The zero-order valence-electron chi connectivity index (χ0n) is 9.02. The molecule has 0 bridgehead atoms. The predicted octanol–water partition coefficient (Wildman–Crippen LogP) is 2.18. The summed E-state index contributed by atoms with van der Waals surface area (Å²) in [6.45, 7) is 0. The number of nitrogens with two attached hydrogens (primary N) is 1. The van der Waals surface area contributed by atoms with Crippen molar-refractivity contribution in [2.45, 2.75) is 12.5 Å². The number of carbonyl (C=O) groups is 1. The van der Waals surface area contributed by atoms with Crippen LogP contribution in [-0.2, 0) is 4.79 Å². The first-order valence-electron chi connectivity index (χ1n) is 5.09. The van der Waals surface area contributed by atoms with Gasteiger partial charge in [-0.15, -0.1) is 0 Å². The number of halogens is 2. The zero-order valence-corrected chi connectivity index (χ0v) is 10.5. The topological polar surface area (TPSA) is 98.3 Å².